The average Bonchev–Trinajstić information content (AvgIpc) is 2.66. The minimum absolute atomic E-state index is 0.116. The second kappa shape index (κ2) is 8.34. The molecule has 0 saturated heterocycles. The standard InChI is InChI=1S/C18H12ClF3N2O4S/c19-12-3-2-10(6-11(12)18(20,21)22)23-15(25)7-28-17(27)9-1-4-14-13(5-9)24-16(26)8-29-14/h1-6H,7-8H2,(H,23,25)(H,24,26). The SMILES string of the molecule is O=C(COC(=O)c1ccc2c(c1)NC(=O)CS2)Nc1ccc(Cl)c(C(F)(F)F)c1. The maximum absolute atomic E-state index is 12.9. The van der Waals surface area contributed by atoms with E-state index >= 15 is 0 Å². The first kappa shape index (κ1) is 21.0. The fraction of sp³-hybridized carbons (Fsp3) is 0.167. The molecule has 2 aromatic carbocycles. The molecule has 2 N–H and O–H groups in total. The number of thioether (sulfide) groups is 1. The van der Waals surface area contributed by atoms with E-state index in [9.17, 15) is 27.6 Å². The second-order valence-corrected chi connectivity index (χ2v) is 7.29. The Morgan fingerprint density at radius 3 is 2.69 bits per heavy atom. The van der Waals surface area contributed by atoms with Crippen molar-refractivity contribution in [2.45, 2.75) is 11.1 Å². The van der Waals surface area contributed by atoms with Crippen molar-refractivity contribution in [3.63, 3.8) is 0 Å². The van der Waals surface area contributed by atoms with E-state index in [0.717, 1.165) is 11.0 Å². The first-order valence-electron chi connectivity index (χ1n) is 8.04. The summed E-state index contributed by atoms with van der Waals surface area (Å²) < 4.78 is 43.5. The van der Waals surface area contributed by atoms with E-state index < -0.39 is 35.2 Å². The number of ether oxygens (including phenoxy) is 1. The molecule has 0 radical (unpaired) electrons. The number of carbonyl (C=O) groups is 3. The van der Waals surface area contributed by atoms with Gasteiger partial charge in [0.1, 0.15) is 0 Å². The van der Waals surface area contributed by atoms with Crippen molar-refractivity contribution < 1.29 is 32.3 Å². The number of amides is 2. The fourth-order valence-corrected chi connectivity index (χ4v) is 3.46. The molecule has 0 bridgehead atoms. The number of hydrogen-bond donors (Lipinski definition) is 2. The van der Waals surface area contributed by atoms with Gasteiger partial charge in [-0.3, -0.25) is 9.59 Å². The van der Waals surface area contributed by atoms with Gasteiger partial charge < -0.3 is 15.4 Å². The van der Waals surface area contributed by atoms with E-state index in [1.807, 2.05) is 0 Å². The number of halogens is 4. The van der Waals surface area contributed by atoms with E-state index in [0.29, 0.717) is 11.8 Å². The van der Waals surface area contributed by atoms with Crippen LogP contribution in [0.25, 0.3) is 0 Å². The summed E-state index contributed by atoms with van der Waals surface area (Å²) in [5, 5.41) is 4.33. The Labute approximate surface area is 171 Å². The highest BCUT2D eigenvalue weighted by Gasteiger charge is 2.33. The number of anilines is 2. The summed E-state index contributed by atoms with van der Waals surface area (Å²) in [5.74, 6) is -1.57. The Kier molecular flexibility index (Phi) is 6.04. The third-order valence-corrected chi connectivity index (χ3v) is 5.14. The Bertz CT molecular complexity index is 998. The zero-order valence-corrected chi connectivity index (χ0v) is 16.0. The summed E-state index contributed by atoms with van der Waals surface area (Å²) >= 11 is 6.84. The van der Waals surface area contributed by atoms with E-state index in [4.69, 9.17) is 16.3 Å². The summed E-state index contributed by atoms with van der Waals surface area (Å²) in [6, 6.07) is 7.44. The molecule has 0 fully saturated rings. The first-order chi connectivity index (χ1) is 13.6. The summed E-state index contributed by atoms with van der Waals surface area (Å²) in [7, 11) is 0. The molecule has 0 aliphatic carbocycles. The summed E-state index contributed by atoms with van der Waals surface area (Å²) in [5.41, 5.74) is -0.657. The smallest absolute Gasteiger partial charge is 0.417 e. The molecule has 11 heteroatoms. The van der Waals surface area contributed by atoms with Crippen molar-refractivity contribution in [1.29, 1.82) is 0 Å². The normalized spacial score (nSPS) is 13.3. The lowest BCUT2D eigenvalue weighted by Crippen LogP contribution is -2.22. The molecular formula is C18H12ClF3N2O4S. The zero-order valence-electron chi connectivity index (χ0n) is 14.4. The maximum Gasteiger partial charge on any atom is 0.417 e. The van der Waals surface area contributed by atoms with Crippen molar-refractivity contribution in [3.8, 4) is 0 Å². The highest BCUT2D eigenvalue weighted by atomic mass is 35.5. The van der Waals surface area contributed by atoms with Crippen LogP contribution in [0.4, 0.5) is 24.5 Å². The highest BCUT2D eigenvalue weighted by molar-refractivity contribution is 8.00. The fourth-order valence-electron chi connectivity index (χ4n) is 2.44. The Hall–Kier alpha value is -2.72. The van der Waals surface area contributed by atoms with Crippen LogP contribution in [0, 0.1) is 0 Å². The number of nitrogens with one attached hydrogen (secondary N) is 2. The van der Waals surface area contributed by atoms with Crippen LogP contribution in [-0.4, -0.2) is 30.1 Å². The molecule has 2 aromatic rings. The third kappa shape index (κ3) is 5.21. The molecule has 2 amide bonds. The molecule has 1 aliphatic rings. The van der Waals surface area contributed by atoms with Crippen LogP contribution >= 0.6 is 23.4 Å². The van der Waals surface area contributed by atoms with Gasteiger partial charge in [-0.2, -0.15) is 13.2 Å². The van der Waals surface area contributed by atoms with Gasteiger partial charge in [-0.1, -0.05) is 11.6 Å². The molecule has 0 saturated carbocycles. The van der Waals surface area contributed by atoms with E-state index in [-0.39, 0.29) is 22.9 Å². The molecule has 6 nitrogen and oxygen atoms in total. The van der Waals surface area contributed by atoms with E-state index in [2.05, 4.69) is 10.6 Å². The van der Waals surface area contributed by atoms with Crippen LogP contribution in [0.3, 0.4) is 0 Å². The van der Waals surface area contributed by atoms with Gasteiger partial charge in [0, 0.05) is 10.6 Å². The number of fused-ring (bicyclic) bond motifs is 1. The molecule has 0 spiro atoms. The molecule has 1 aliphatic heterocycles. The van der Waals surface area contributed by atoms with Crippen molar-refractivity contribution >= 4 is 52.5 Å². The molecule has 29 heavy (non-hydrogen) atoms. The zero-order chi connectivity index (χ0) is 21.2. The number of benzene rings is 2. The number of hydrogen-bond acceptors (Lipinski definition) is 5. The van der Waals surface area contributed by atoms with Crippen molar-refractivity contribution in [1.82, 2.24) is 0 Å². The lowest BCUT2D eigenvalue weighted by molar-refractivity contribution is -0.137. The van der Waals surface area contributed by atoms with Gasteiger partial charge in [-0.15, -0.1) is 11.8 Å². The van der Waals surface area contributed by atoms with Crippen LogP contribution < -0.4 is 10.6 Å². The van der Waals surface area contributed by atoms with E-state index in [1.54, 1.807) is 6.07 Å². The Morgan fingerprint density at radius 2 is 1.97 bits per heavy atom. The van der Waals surface area contributed by atoms with Gasteiger partial charge in [-0.25, -0.2) is 4.79 Å². The van der Waals surface area contributed by atoms with Crippen LogP contribution in [0.1, 0.15) is 15.9 Å². The van der Waals surface area contributed by atoms with E-state index in [1.165, 1.54) is 30.0 Å². The minimum Gasteiger partial charge on any atom is -0.452 e. The van der Waals surface area contributed by atoms with Crippen LogP contribution in [-0.2, 0) is 20.5 Å². The lowest BCUT2D eigenvalue weighted by Gasteiger charge is -2.16. The molecule has 0 unspecified atom stereocenters. The Morgan fingerprint density at radius 1 is 1.21 bits per heavy atom. The van der Waals surface area contributed by atoms with Crippen LogP contribution in [0.2, 0.25) is 5.02 Å². The van der Waals surface area contributed by atoms with Gasteiger partial charge in [0.25, 0.3) is 5.91 Å². The van der Waals surface area contributed by atoms with Crippen LogP contribution in [0.15, 0.2) is 41.3 Å². The number of rotatable bonds is 4. The first-order valence-corrected chi connectivity index (χ1v) is 9.40. The second-order valence-electron chi connectivity index (χ2n) is 5.86. The molecule has 0 atom stereocenters. The third-order valence-electron chi connectivity index (χ3n) is 3.74. The molecule has 1 heterocycles. The van der Waals surface area contributed by atoms with Crippen LogP contribution in [0.5, 0.6) is 0 Å². The monoisotopic (exact) mass is 444 g/mol. The lowest BCUT2D eigenvalue weighted by atomic mass is 10.2. The van der Waals surface area contributed by atoms with Crippen molar-refractivity contribution in [3.05, 3.63) is 52.5 Å². The average molecular weight is 445 g/mol. The number of carbonyl (C=O) groups excluding carboxylic acids is 3. The Balaban J connectivity index is 1.60. The summed E-state index contributed by atoms with van der Waals surface area (Å²) in [6.45, 7) is -0.707. The molecular weight excluding hydrogens is 433 g/mol. The largest absolute Gasteiger partial charge is 0.452 e. The minimum atomic E-state index is -4.68. The topological polar surface area (TPSA) is 84.5 Å². The van der Waals surface area contributed by atoms with Gasteiger partial charge in [0.05, 0.1) is 27.6 Å². The summed E-state index contributed by atoms with van der Waals surface area (Å²) in [6.07, 6.45) is -4.68. The molecule has 152 valence electrons. The number of alkyl halides is 3. The van der Waals surface area contributed by atoms with Crippen molar-refractivity contribution in [2.75, 3.05) is 23.0 Å². The van der Waals surface area contributed by atoms with Gasteiger partial charge in [0.15, 0.2) is 6.61 Å². The predicted octanol–water partition coefficient (Wildman–Crippen LogP) is 4.20. The predicted molar refractivity (Wildman–Crippen MR) is 101 cm³/mol. The molecule has 3 rings (SSSR count). The summed E-state index contributed by atoms with van der Waals surface area (Å²) in [4.78, 5) is 36.2. The maximum atomic E-state index is 12.9. The van der Waals surface area contributed by atoms with Gasteiger partial charge >= 0.3 is 12.1 Å². The highest BCUT2D eigenvalue weighted by Crippen LogP contribution is 2.36. The number of esters is 1. The van der Waals surface area contributed by atoms with Gasteiger partial charge in [0.2, 0.25) is 5.91 Å². The van der Waals surface area contributed by atoms with Crippen molar-refractivity contribution in [2.24, 2.45) is 0 Å². The van der Waals surface area contributed by atoms with Gasteiger partial charge in [-0.05, 0) is 36.4 Å². The molecule has 0 aromatic heterocycles. The quantitative estimate of drug-likeness (QED) is 0.690.